The Morgan fingerprint density at radius 2 is 1.23 bits per heavy atom. The van der Waals surface area contributed by atoms with Gasteiger partial charge in [-0.3, -0.25) is 9.59 Å². The minimum absolute atomic E-state index is 0.104. The Balaban J connectivity index is 2.22. The highest BCUT2D eigenvalue weighted by atomic mass is 16.4. The van der Waals surface area contributed by atoms with Crippen LogP contribution in [-0.2, 0) is 22.4 Å². The molecule has 0 aliphatic rings. The highest BCUT2D eigenvalue weighted by molar-refractivity contribution is 5.71. The molecule has 0 aliphatic carbocycles. The van der Waals surface area contributed by atoms with Crippen molar-refractivity contribution in [2.45, 2.75) is 25.7 Å². The van der Waals surface area contributed by atoms with Crippen molar-refractivity contribution in [2.75, 3.05) is 0 Å². The van der Waals surface area contributed by atoms with Gasteiger partial charge in [0, 0.05) is 6.42 Å². The first-order valence-corrected chi connectivity index (χ1v) is 8.35. The SMILES string of the molecule is O=C(O)CC[C@H](Cc1ccc(O)cc1)[C@@H](Cc1ccc(O)cc1)C(=O)O. The molecule has 0 unspecified atom stereocenters. The lowest BCUT2D eigenvalue weighted by Crippen LogP contribution is -2.28. The van der Waals surface area contributed by atoms with Crippen LogP contribution in [0.1, 0.15) is 24.0 Å². The zero-order valence-electron chi connectivity index (χ0n) is 14.2. The van der Waals surface area contributed by atoms with Crippen molar-refractivity contribution in [3.63, 3.8) is 0 Å². The van der Waals surface area contributed by atoms with E-state index in [1.54, 1.807) is 24.3 Å². The molecule has 6 heteroatoms. The van der Waals surface area contributed by atoms with E-state index in [1.165, 1.54) is 24.3 Å². The predicted octanol–water partition coefficient (Wildman–Crippen LogP) is 3.06. The third kappa shape index (κ3) is 5.81. The molecule has 26 heavy (non-hydrogen) atoms. The average molecular weight is 358 g/mol. The van der Waals surface area contributed by atoms with Gasteiger partial charge in [-0.1, -0.05) is 24.3 Å². The largest absolute Gasteiger partial charge is 0.508 e. The van der Waals surface area contributed by atoms with Crippen molar-refractivity contribution in [3.8, 4) is 11.5 Å². The molecule has 0 aromatic heterocycles. The molecule has 0 fully saturated rings. The van der Waals surface area contributed by atoms with E-state index in [0.29, 0.717) is 6.42 Å². The van der Waals surface area contributed by atoms with Crippen LogP contribution < -0.4 is 0 Å². The zero-order chi connectivity index (χ0) is 19.1. The van der Waals surface area contributed by atoms with Crippen molar-refractivity contribution in [2.24, 2.45) is 11.8 Å². The van der Waals surface area contributed by atoms with Crippen molar-refractivity contribution in [3.05, 3.63) is 59.7 Å². The second-order valence-electron chi connectivity index (χ2n) is 6.38. The Labute approximate surface area is 151 Å². The second kappa shape index (κ2) is 8.89. The molecule has 0 radical (unpaired) electrons. The number of phenolic OH excluding ortho intramolecular Hbond substituents is 2. The maximum atomic E-state index is 11.9. The van der Waals surface area contributed by atoms with Crippen LogP contribution in [0.25, 0.3) is 0 Å². The summed E-state index contributed by atoms with van der Waals surface area (Å²) in [6.45, 7) is 0. The lowest BCUT2D eigenvalue weighted by molar-refractivity contribution is -0.145. The van der Waals surface area contributed by atoms with Crippen LogP contribution in [0, 0.1) is 11.8 Å². The molecule has 0 saturated heterocycles. The minimum Gasteiger partial charge on any atom is -0.508 e. The quantitative estimate of drug-likeness (QED) is 0.548. The highest BCUT2D eigenvalue weighted by Gasteiger charge is 2.29. The van der Waals surface area contributed by atoms with E-state index >= 15 is 0 Å². The summed E-state index contributed by atoms with van der Waals surface area (Å²) < 4.78 is 0. The van der Waals surface area contributed by atoms with Crippen molar-refractivity contribution in [1.82, 2.24) is 0 Å². The normalized spacial score (nSPS) is 13.1. The molecule has 0 aliphatic heterocycles. The Bertz CT molecular complexity index is 736. The topological polar surface area (TPSA) is 115 Å². The standard InChI is InChI=1S/C20H22O6/c21-16-6-1-13(2-7-16)11-15(5-10-19(23)24)18(20(25)26)12-14-3-8-17(22)9-4-14/h1-4,6-9,15,18,21-22H,5,10-12H2,(H,23,24)(H,25,26)/t15-,18-/m1/s1. The van der Waals surface area contributed by atoms with E-state index in [9.17, 15) is 24.9 Å². The average Bonchev–Trinajstić information content (AvgIpc) is 2.59. The van der Waals surface area contributed by atoms with Crippen LogP contribution in [0.2, 0.25) is 0 Å². The molecular weight excluding hydrogens is 336 g/mol. The Morgan fingerprint density at radius 3 is 1.65 bits per heavy atom. The molecular formula is C20H22O6. The van der Waals surface area contributed by atoms with Gasteiger partial charge in [0.1, 0.15) is 11.5 Å². The first-order chi connectivity index (χ1) is 12.3. The molecule has 4 N–H and O–H groups in total. The monoisotopic (exact) mass is 358 g/mol. The molecule has 2 aromatic carbocycles. The van der Waals surface area contributed by atoms with Crippen LogP contribution in [-0.4, -0.2) is 32.4 Å². The third-order valence-corrected chi connectivity index (χ3v) is 4.44. The number of rotatable bonds is 9. The van der Waals surface area contributed by atoms with Crippen LogP contribution in [0.4, 0.5) is 0 Å². The number of phenols is 2. The molecule has 0 spiro atoms. The van der Waals surface area contributed by atoms with Crippen LogP contribution in [0.15, 0.2) is 48.5 Å². The molecule has 0 heterocycles. The number of hydrogen-bond donors (Lipinski definition) is 4. The fourth-order valence-corrected chi connectivity index (χ4v) is 3.03. The van der Waals surface area contributed by atoms with Crippen molar-refractivity contribution >= 4 is 11.9 Å². The first-order valence-electron chi connectivity index (χ1n) is 8.35. The Kier molecular flexibility index (Phi) is 6.60. The molecule has 6 nitrogen and oxygen atoms in total. The third-order valence-electron chi connectivity index (χ3n) is 4.44. The van der Waals surface area contributed by atoms with E-state index in [0.717, 1.165) is 11.1 Å². The Hall–Kier alpha value is -3.02. The number of benzene rings is 2. The van der Waals surface area contributed by atoms with Gasteiger partial charge in [-0.25, -0.2) is 0 Å². The maximum Gasteiger partial charge on any atom is 0.307 e. The van der Waals surface area contributed by atoms with Gasteiger partial charge in [-0.05, 0) is 60.6 Å². The van der Waals surface area contributed by atoms with Gasteiger partial charge >= 0.3 is 11.9 Å². The summed E-state index contributed by atoms with van der Waals surface area (Å²) in [5, 5.41) is 37.5. The molecule has 2 aromatic rings. The highest BCUT2D eigenvalue weighted by Crippen LogP contribution is 2.28. The number of carboxylic acids is 2. The van der Waals surface area contributed by atoms with Gasteiger partial charge < -0.3 is 20.4 Å². The van der Waals surface area contributed by atoms with Crippen LogP contribution in [0.3, 0.4) is 0 Å². The molecule has 0 bridgehead atoms. The van der Waals surface area contributed by atoms with Gasteiger partial charge in [-0.15, -0.1) is 0 Å². The van der Waals surface area contributed by atoms with Crippen LogP contribution >= 0.6 is 0 Å². The van der Waals surface area contributed by atoms with Gasteiger partial charge in [0.05, 0.1) is 5.92 Å². The minimum atomic E-state index is -0.979. The summed E-state index contributed by atoms with van der Waals surface area (Å²) in [4.78, 5) is 22.8. The smallest absolute Gasteiger partial charge is 0.307 e. The van der Waals surface area contributed by atoms with E-state index < -0.39 is 17.9 Å². The maximum absolute atomic E-state index is 11.9. The van der Waals surface area contributed by atoms with E-state index in [4.69, 9.17) is 5.11 Å². The van der Waals surface area contributed by atoms with E-state index in [1.807, 2.05) is 0 Å². The number of aliphatic carboxylic acids is 2. The summed E-state index contributed by atoms with van der Waals surface area (Å²) >= 11 is 0. The summed E-state index contributed by atoms with van der Waals surface area (Å²) in [5.74, 6) is -2.85. The first kappa shape index (κ1) is 19.3. The lowest BCUT2D eigenvalue weighted by Gasteiger charge is -2.24. The molecule has 138 valence electrons. The fourth-order valence-electron chi connectivity index (χ4n) is 3.03. The van der Waals surface area contributed by atoms with Crippen LogP contribution in [0.5, 0.6) is 11.5 Å². The number of carbonyl (C=O) groups is 2. The summed E-state index contributed by atoms with van der Waals surface area (Å²) in [6, 6.07) is 12.8. The number of hydrogen-bond acceptors (Lipinski definition) is 4. The molecule has 0 saturated carbocycles. The fraction of sp³-hybridized carbons (Fsp3) is 0.300. The van der Waals surface area contributed by atoms with Gasteiger partial charge in [0.2, 0.25) is 0 Å². The van der Waals surface area contributed by atoms with Gasteiger partial charge in [0.25, 0.3) is 0 Å². The van der Waals surface area contributed by atoms with E-state index in [-0.39, 0.29) is 36.7 Å². The summed E-state index contributed by atoms with van der Waals surface area (Å²) in [7, 11) is 0. The molecule has 2 rings (SSSR count). The van der Waals surface area contributed by atoms with Gasteiger partial charge in [-0.2, -0.15) is 0 Å². The van der Waals surface area contributed by atoms with Gasteiger partial charge in [0.15, 0.2) is 0 Å². The number of carboxylic acid groups (broad SMARTS) is 2. The van der Waals surface area contributed by atoms with E-state index in [2.05, 4.69) is 0 Å². The zero-order valence-corrected chi connectivity index (χ0v) is 14.2. The molecule has 2 atom stereocenters. The predicted molar refractivity (Wildman–Crippen MR) is 95.1 cm³/mol. The Morgan fingerprint density at radius 1 is 0.769 bits per heavy atom. The lowest BCUT2D eigenvalue weighted by atomic mass is 9.80. The molecule has 0 amide bonds. The summed E-state index contributed by atoms with van der Waals surface area (Å²) in [6.07, 6.45) is 0.786. The van der Waals surface area contributed by atoms with Crippen molar-refractivity contribution in [1.29, 1.82) is 0 Å². The summed E-state index contributed by atoms with van der Waals surface area (Å²) in [5.41, 5.74) is 1.61. The van der Waals surface area contributed by atoms with Crippen molar-refractivity contribution < 1.29 is 30.0 Å². The second-order valence-corrected chi connectivity index (χ2v) is 6.38. The number of aromatic hydroxyl groups is 2.